The molecular weight excluding hydrogens is 266 g/mol. The Balaban J connectivity index is 0. The van der Waals surface area contributed by atoms with Gasteiger partial charge in [0.15, 0.2) is 0 Å². The van der Waals surface area contributed by atoms with Crippen LogP contribution in [0.4, 0.5) is 0 Å². The van der Waals surface area contributed by atoms with Crippen LogP contribution in [-0.4, -0.2) is 6.70 Å². The summed E-state index contributed by atoms with van der Waals surface area (Å²) in [4.78, 5) is 0. The molecule has 0 radical (unpaired) electrons. The topological polar surface area (TPSA) is 0 Å². The zero-order valence-corrected chi connectivity index (χ0v) is 7.47. The zero-order chi connectivity index (χ0) is 2.71. The van der Waals surface area contributed by atoms with Crippen LogP contribution in [-0.2, 0) is 27.0 Å². The molecule has 0 aromatic rings. The average Bonchev–Trinajstić information content (AvgIpc) is 0.918. The van der Waals surface area contributed by atoms with Crippen molar-refractivity contribution in [2.75, 3.05) is 0 Å². The van der Waals surface area contributed by atoms with Gasteiger partial charge in [-0.1, -0.05) is 0 Å². The molecule has 0 bridgehead atoms. The van der Waals surface area contributed by atoms with E-state index in [4.69, 9.17) is 0 Å². The molecule has 0 amide bonds. The summed E-state index contributed by atoms with van der Waals surface area (Å²) in [5.74, 6) is 0. The summed E-state index contributed by atoms with van der Waals surface area (Å²) >= 11 is 4.64. The molecule has 0 aromatic carbocycles. The second-order valence-electron chi connectivity index (χ2n) is 0.118. The van der Waals surface area contributed by atoms with Crippen LogP contribution in [0.3, 0.4) is 0 Å². The Labute approximate surface area is 73.9 Å². The van der Waals surface area contributed by atoms with Gasteiger partial charge in [-0.3, -0.25) is 0 Å². The molecule has 26 valence electrons. The third-order valence-electron chi connectivity index (χ3n) is 0. The average molecular weight is 268 g/mol. The van der Waals surface area contributed by atoms with E-state index in [1.807, 2.05) is 6.70 Å². The summed E-state index contributed by atoms with van der Waals surface area (Å²) in [5.41, 5.74) is 0. The van der Waals surface area contributed by atoms with Crippen LogP contribution in [0.15, 0.2) is 0 Å². The SMILES string of the molecule is [BH2][Co][Fe].[Ce]. The Kier molecular flexibility index (Phi) is 22.0. The molecule has 4 heavy (non-hydrogen) atoms. The van der Waals surface area contributed by atoms with Crippen molar-refractivity contribution in [3.05, 3.63) is 0 Å². The maximum Gasteiger partial charge on any atom is 0 e. The molecule has 0 aliphatic carbocycles. The first-order valence-electron chi connectivity index (χ1n) is 0.451. The Hall–Kier alpha value is 2.47. The summed E-state index contributed by atoms with van der Waals surface area (Å²) in [7, 11) is 0. The third kappa shape index (κ3) is 8.82. The van der Waals surface area contributed by atoms with Crippen LogP contribution in [0, 0.1) is 41.7 Å². The van der Waals surface area contributed by atoms with Crippen molar-refractivity contribution < 1.29 is 68.7 Å². The monoisotopic (exact) mass is 268 g/mol. The zero-order valence-electron chi connectivity index (χ0n) is 2.19. The number of hydrogen-bond donors (Lipinski definition) is 0. The summed E-state index contributed by atoms with van der Waals surface area (Å²) in [5, 5.41) is 0. The second kappa shape index (κ2) is 9.08. The molecule has 0 fully saturated rings. The van der Waals surface area contributed by atoms with E-state index >= 15 is 0 Å². The van der Waals surface area contributed by atoms with Crippen molar-refractivity contribution >= 4 is 6.70 Å². The molecule has 0 spiro atoms. The van der Waals surface area contributed by atoms with Crippen molar-refractivity contribution in [2.45, 2.75) is 0 Å². The number of hydrogen-bond acceptors (Lipinski definition) is 0. The van der Waals surface area contributed by atoms with Gasteiger partial charge in [0.05, 0.1) is 0 Å². The predicted octanol–water partition coefficient (Wildman–Crippen LogP) is -0.921. The maximum absolute atomic E-state index is 3.45. The summed E-state index contributed by atoms with van der Waals surface area (Å²) in [6.45, 7) is 1.98. The number of rotatable bonds is 0. The molecule has 0 aromatic heterocycles. The van der Waals surface area contributed by atoms with E-state index in [1.165, 1.54) is 12.7 Å². The summed E-state index contributed by atoms with van der Waals surface area (Å²) < 4.78 is 0. The van der Waals surface area contributed by atoms with Crippen LogP contribution in [0.2, 0.25) is 0 Å². The first-order valence-corrected chi connectivity index (χ1v) is 3.38. The van der Waals surface area contributed by atoms with Gasteiger partial charge in [0.25, 0.3) is 0 Å². The largest absolute Gasteiger partial charge is 0 e. The second-order valence-corrected chi connectivity index (χ2v) is 2.00. The molecule has 0 saturated heterocycles. The fourth-order valence-electron chi connectivity index (χ4n) is 0. The standard InChI is InChI=1S/BH2.Ce.Co.Fe/h1H2;;;/q+1;;-1;. The van der Waals surface area contributed by atoms with Crippen molar-refractivity contribution in [2.24, 2.45) is 0 Å². The van der Waals surface area contributed by atoms with Crippen molar-refractivity contribution in [3.63, 3.8) is 0 Å². The van der Waals surface area contributed by atoms with Crippen LogP contribution < -0.4 is 0 Å². The Morgan fingerprint density at radius 3 is 1.75 bits per heavy atom. The van der Waals surface area contributed by atoms with Crippen LogP contribution in [0.25, 0.3) is 0 Å². The van der Waals surface area contributed by atoms with E-state index in [9.17, 15) is 0 Å². The van der Waals surface area contributed by atoms with E-state index in [0.29, 0.717) is 0 Å². The molecule has 4 heteroatoms. The van der Waals surface area contributed by atoms with Crippen molar-refractivity contribution in [3.8, 4) is 0 Å². The molecule has 0 rings (SSSR count). The van der Waals surface area contributed by atoms with Crippen LogP contribution in [0.1, 0.15) is 0 Å². The molecule has 0 atom stereocenters. The minimum atomic E-state index is 0. The quantitative estimate of drug-likeness (QED) is 0.498. The smallest absolute Gasteiger partial charge is 0 e. The Morgan fingerprint density at radius 1 is 1.75 bits per heavy atom. The van der Waals surface area contributed by atoms with Gasteiger partial charge in [-0.15, -0.1) is 0 Å². The van der Waals surface area contributed by atoms with E-state index in [-0.39, 0.29) is 41.7 Å². The van der Waals surface area contributed by atoms with Gasteiger partial charge < -0.3 is 0 Å². The summed E-state index contributed by atoms with van der Waals surface area (Å²) in [6, 6.07) is 0. The van der Waals surface area contributed by atoms with Crippen molar-refractivity contribution in [1.29, 1.82) is 0 Å². The molecule has 0 saturated carbocycles. The van der Waals surface area contributed by atoms with Gasteiger partial charge in [-0.2, -0.15) is 0 Å². The predicted molar refractivity (Wildman–Crippen MR) is 8.54 cm³/mol. The fourth-order valence-corrected chi connectivity index (χ4v) is 0. The van der Waals surface area contributed by atoms with Gasteiger partial charge in [-0.05, 0) is 0 Å². The van der Waals surface area contributed by atoms with Crippen LogP contribution in [0.5, 0.6) is 0 Å². The van der Waals surface area contributed by atoms with Crippen LogP contribution >= 0.6 is 0 Å². The molecule has 0 N–H and O–H groups in total. The Morgan fingerprint density at radius 2 is 1.75 bits per heavy atom. The third-order valence-corrected chi connectivity index (χ3v) is 0. The molecule has 0 heterocycles. The minimum Gasteiger partial charge on any atom is 0 e. The molecular formula is H2BCeCoFe. The Bertz CT molecular complexity index is 8.00. The molecule has 0 aliphatic heterocycles. The molecule has 0 unspecified atom stereocenters. The molecule has 0 aliphatic rings. The summed E-state index contributed by atoms with van der Waals surface area (Å²) in [6.07, 6.45) is 0. The maximum atomic E-state index is 3.45. The van der Waals surface area contributed by atoms with Gasteiger partial charge in [0.1, 0.15) is 0 Å². The fraction of sp³-hybridized carbons (Fsp3) is 0. The van der Waals surface area contributed by atoms with E-state index < -0.39 is 0 Å². The van der Waals surface area contributed by atoms with Gasteiger partial charge >= 0.3 is 33.7 Å². The van der Waals surface area contributed by atoms with Gasteiger partial charge in [0.2, 0.25) is 0 Å². The first-order chi connectivity index (χ1) is 1.41. The molecule has 0 nitrogen and oxygen atoms in total. The van der Waals surface area contributed by atoms with Crippen molar-refractivity contribution in [1.82, 2.24) is 0 Å². The van der Waals surface area contributed by atoms with Gasteiger partial charge in [-0.25, -0.2) is 0 Å². The van der Waals surface area contributed by atoms with Gasteiger partial charge in [0, 0.05) is 41.7 Å². The van der Waals surface area contributed by atoms with E-state index in [0.717, 1.165) is 0 Å². The first kappa shape index (κ1) is 9.69. The van der Waals surface area contributed by atoms with E-state index in [1.54, 1.807) is 0 Å². The van der Waals surface area contributed by atoms with E-state index in [2.05, 4.69) is 14.2 Å². The minimum absolute atomic E-state index is 0. The normalized spacial score (nSPS) is 5.25.